The number of fused-ring (bicyclic) bond motifs is 1. The maximum absolute atomic E-state index is 12.3. The van der Waals surface area contributed by atoms with E-state index in [4.69, 9.17) is 16.3 Å². The summed E-state index contributed by atoms with van der Waals surface area (Å²) in [6.45, 7) is 2.07. The predicted molar refractivity (Wildman–Crippen MR) is 105 cm³/mol. The van der Waals surface area contributed by atoms with E-state index in [1.54, 1.807) is 4.90 Å². The molecule has 8 heteroatoms. The van der Waals surface area contributed by atoms with Crippen molar-refractivity contribution in [3.05, 3.63) is 34.2 Å². The Balaban J connectivity index is 1.49. The first-order valence-electron chi connectivity index (χ1n) is 8.87. The molecule has 0 spiro atoms. The molecule has 1 fully saturated rings. The number of esters is 1. The minimum atomic E-state index is -0.654. The highest BCUT2D eigenvalue weighted by Gasteiger charge is 2.24. The van der Waals surface area contributed by atoms with Crippen molar-refractivity contribution < 1.29 is 19.1 Å². The Morgan fingerprint density at radius 3 is 2.81 bits per heavy atom. The van der Waals surface area contributed by atoms with Crippen molar-refractivity contribution in [1.82, 2.24) is 10.2 Å². The molecule has 2 amide bonds. The lowest BCUT2D eigenvalue weighted by Gasteiger charge is -2.33. The fourth-order valence-electron chi connectivity index (χ4n) is 3.14. The molecule has 0 saturated carbocycles. The van der Waals surface area contributed by atoms with Gasteiger partial charge in [-0.15, -0.1) is 11.3 Å². The van der Waals surface area contributed by atoms with E-state index in [0.717, 1.165) is 29.3 Å². The van der Waals surface area contributed by atoms with Crippen LogP contribution < -0.4 is 5.32 Å². The Morgan fingerprint density at radius 2 is 2.07 bits per heavy atom. The van der Waals surface area contributed by atoms with E-state index in [1.807, 2.05) is 31.2 Å². The van der Waals surface area contributed by atoms with Crippen LogP contribution in [0.15, 0.2) is 24.3 Å². The number of nitrogens with zero attached hydrogens (tertiary/aromatic N) is 1. The molecule has 0 aliphatic carbocycles. The van der Waals surface area contributed by atoms with E-state index >= 15 is 0 Å². The zero-order valence-corrected chi connectivity index (χ0v) is 16.6. The maximum Gasteiger partial charge on any atom is 0.325 e. The fourth-order valence-corrected chi connectivity index (χ4v) is 4.57. The van der Waals surface area contributed by atoms with Gasteiger partial charge < -0.3 is 15.0 Å². The van der Waals surface area contributed by atoms with Crippen LogP contribution in [-0.2, 0) is 14.3 Å². The zero-order valence-electron chi connectivity index (χ0n) is 15.0. The van der Waals surface area contributed by atoms with Crippen molar-refractivity contribution >= 4 is 50.8 Å². The summed E-state index contributed by atoms with van der Waals surface area (Å²) in [4.78, 5) is 38.4. The molecule has 1 N–H and O–H groups in total. The number of nitrogens with one attached hydrogen (secondary N) is 1. The summed E-state index contributed by atoms with van der Waals surface area (Å²) in [6.07, 6.45) is 3.04. The second-order valence-corrected chi connectivity index (χ2v) is 7.95. The van der Waals surface area contributed by atoms with E-state index < -0.39 is 11.9 Å². The van der Waals surface area contributed by atoms with E-state index in [2.05, 4.69) is 5.32 Å². The van der Waals surface area contributed by atoms with Crippen LogP contribution in [0.5, 0.6) is 0 Å². The largest absolute Gasteiger partial charge is 0.454 e. The topological polar surface area (TPSA) is 75.7 Å². The van der Waals surface area contributed by atoms with Gasteiger partial charge in [-0.1, -0.05) is 29.8 Å². The zero-order chi connectivity index (χ0) is 19.4. The molecule has 0 unspecified atom stereocenters. The summed E-state index contributed by atoms with van der Waals surface area (Å²) >= 11 is 7.52. The average Bonchev–Trinajstić information content (AvgIpc) is 3.01. The summed E-state index contributed by atoms with van der Waals surface area (Å²) < 4.78 is 5.91. The number of benzene rings is 1. The number of halogens is 1. The quantitative estimate of drug-likeness (QED) is 0.770. The lowest BCUT2D eigenvalue weighted by atomic mass is 10.0. The van der Waals surface area contributed by atoms with Gasteiger partial charge in [0.05, 0.1) is 5.02 Å². The van der Waals surface area contributed by atoms with Crippen molar-refractivity contribution in [3.63, 3.8) is 0 Å². The molecule has 2 heterocycles. The van der Waals surface area contributed by atoms with Gasteiger partial charge in [-0.25, -0.2) is 0 Å². The fraction of sp³-hybridized carbons (Fsp3) is 0.421. The second-order valence-electron chi connectivity index (χ2n) is 6.52. The first-order chi connectivity index (χ1) is 13.0. The standard InChI is InChI=1S/C19H21ClN2O4S/c1-12-6-4-5-9-22(12)15(23)11-26-16(24)10-21-19(25)18-17(20)13-7-2-3-8-14(13)27-18/h2-3,7-8,12H,4-6,9-11H2,1H3,(H,21,25)/t12-/m0/s1. The van der Waals surface area contributed by atoms with E-state index in [9.17, 15) is 14.4 Å². The van der Waals surface area contributed by atoms with Crippen molar-refractivity contribution in [2.24, 2.45) is 0 Å². The first-order valence-corrected chi connectivity index (χ1v) is 10.1. The Hall–Kier alpha value is -2.12. The van der Waals surface area contributed by atoms with Crippen LogP contribution >= 0.6 is 22.9 Å². The number of rotatable bonds is 5. The normalized spacial score (nSPS) is 17.0. The molecule has 1 aromatic heterocycles. The highest BCUT2D eigenvalue weighted by atomic mass is 35.5. The molecule has 27 heavy (non-hydrogen) atoms. The highest BCUT2D eigenvalue weighted by molar-refractivity contribution is 7.21. The number of hydrogen-bond donors (Lipinski definition) is 1. The van der Waals surface area contributed by atoms with Gasteiger partial charge in [0.2, 0.25) is 0 Å². The molecule has 3 rings (SSSR count). The van der Waals surface area contributed by atoms with E-state index in [1.165, 1.54) is 11.3 Å². The lowest BCUT2D eigenvalue weighted by molar-refractivity contribution is -0.152. The molecule has 2 aromatic rings. The molecule has 144 valence electrons. The summed E-state index contributed by atoms with van der Waals surface area (Å²) in [5.41, 5.74) is 0. The first kappa shape index (κ1) is 19.6. The highest BCUT2D eigenvalue weighted by Crippen LogP contribution is 2.34. The molecule has 1 aliphatic rings. The number of thiophene rings is 1. The molecule has 0 bridgehead atoms. The van der Waals surface area contributed by atoms with Crippen LogP contribution in [0, 0.1) is 0 Å². The minimum Gasteiger partial charge on any atom is -0.454 e. The number of carbonyl (C=O) groups is 3. The van der Waals surface area contributed by atoms with Crippen LogP contribution in [0.3, 0.4) is 0 Å². The Kier molecular flexibility index (Phi) is 6.34. The number of amides is 2. The van der Waals surface area contributed by atoms with Gasteiger partial charge in [-0.05, 0) is 32.3 Å². The smallest absolute Gasteiger partial charge is 0.325 e. The van der Waals surface area contributed by atoms with Gasteiger partial charge in [0, 0.05) is 22.7 Å². The van der Waals surface area contributed by atoms with Gasteiger partial charge in [0.1, 0.15) is 11.4 Å². The van der Waals surface area contributed by atoms with Crippen LogP contribution in [0.25, 0.3) is 10.1 Å². The predicted octanol–water partition coefficient (Wildman–Crippen LogP) is 3.23. The van der Waals surface area contributed by atoms with Gasteiger partial charge >= 0.3 is 5.97 Å². The molecule has 1 saturated heterocycles. The van der Waals surface area contributed by atoms with Gasteiger partial charge in [0.15, 0.2) is 6.61 Å². The molecular formula is C19H21ClN2O4S. The molecule has 1 aromatic carbocycles. The van der Waals surface area contributed by atoms with Gasteiger partial charge in [0.25, 0.3) is 11.8 Å². The van der Waals surface area contributed by atoms with Crippen LogP contribution in [0.4, 0.5) is 0 Å². The number of likely N-dealkylation sites (tertiary alicyclic amines) is 1. The van der Waals surface area contributed by atoms with Gasteiger partial charge in [-0.2, -0.15) is 0 Å². The molecular weight excluding hydrogens is 388 g/mol. The average molecular weight is 409 g/mol. The van der Waals surface area contributed by atoms with Crippen LogP contribution in [0.1, 0.15) is 35.9 Å². The monoisotopic (exact) mass is 408 g/mol. The molecule has 1 atom stereocenters. The minimum absolute atomic E-state index is 0.166. The summed E-state index contributed by atoms with van der Waals surface area (Å²) in [5, 5.41) is 3.68. The maximum atomic E-state index is 12.3. The third-order valence-corrected chi connectivity index (χ3v) is 6.29. The van der Waals surface area contributed by atoms with Crippen molar-refractivity contribution in [2.45, 2.75) is 32.2 Å². The summed E-state index contributed by atoms with van der Waals surface area (Å²) in [7, 11) is 0. The third kappa shape index (κ3) is 4.59. The number of ether oxygens (including phenoxy) is 1. The SMILES string of the molecule is C[C@H]1CCCCN1C(=O)COC(=O)CNC(=O)c1sc2ccccc2c1Cl. The third-order valence-electron chi connectivity index (χ3n) is 4.61. The second kappa shape index (κ2) is 8.71. The van der Waals surface area contributed by atoms with E-state index in [-0.39, 0.29) is 25.1 Å². The number of piperidine rings is 1. The lowest BCUT2D eigenvalue weighted by Crippen LogP contribution is -2.44. The Labute approximate surface area is 166 Å². The summed E-state index contributed by atoms with van der Waals surface area (Å²) in [6, 6.07) is 7.60. The van der Waals surface area contributed by atoms with Gasteiger partial charge in [-0.3, -0.25) is 14.4 Å². The number of carbonyl (C=O) groups excluding carboxylic acids is 3. The molecule has 1 aliphatic heterocycles. The molecule has 0 radical (unpaired) electrons. The van der Waals surface area contributed by atoms with Crippen molar-refractivity contribution in [1.29, 1.82) is 0 Å². The van der Waals surface area contributed by atoms with Crippen LogP contribution in [0.2, 0.25) is 5.02 Å². The van der Waals surface area contributed by atoms with Crippen LogP contribution in [-0.4, -0.2) is 48.4 Å². The Morgan fingerprint density at radius 1 is 1.30 bits per heavy atom. The summed E-state index contributed by atoms with van der Waals surface area (Å²) in [5.74, 6) is -1.29. The van der Waals surface area contributed by atoms with E-state index in [0.29, 0.717) is 16.4 Å². The van der Waals surface area contributed by atoms with Crippen molar-refractivity contribution in [3.8, 4) is 0 Å². The number of hydrogen-bond acceptors (Lipinski definition) is 5. The Bertz CT molecular complexity index is 867. The van der Waals surface area contributed by atoms with Crippen molar-refractivity contribution in [2.75, 3.05) is 19.7 Å². The molecule has 6 nitrogen and oxygen atoms in total.